The zero-order chi connectivity index (χ0) is 43.2. The molecule has 4 aliphatic heterocycles. The third-order valence-corrected chi connectivity index (χ3v) is 11.9. The van der Waals surface area contributed by atoms with Crippen molar-refractivity contribution >= 4 is 40.7 Å². The van der Waals surface area contributed by atoms with Crippen LogP contribution in [0.5, 0.6) is 0 Å². The fraction of sp³-hybridized carbons (Fsp3) is 0.378. The number of anilines is 3. The SMILES string of the molecule is CN1CC[C@@](O)(C#Cc2cccc(-c3ncc(N[C@@H]4CCOC4)c(C(=O)Nc4cc(C#C[C@]56CC5CN(C)C6=O)cc(-c5ncc(N[C@H]6CCOC6)c(C(N)=O)n5)c4)n3)c2)C1=O. The van der Waals surface area contributed by atoms with Crippen LogP contribution in [0.2, 0.25) is 0 Å². The molecule has 4 amide bonds. The molecule has 0 spiro atoms. The van der Waals surface area contributed by atoms with Gasteiger partial charge in [0.2, 0.25) is 11.5 Å². The number of aromatic nitrogens is 4. The molecule has 0 bridgehead atoms. The Balaban J connectivity index is 1.06. The Hall–Kier alpha value is -6.92. The molecule has 5 fully saturated rings. The number of aliphatic hydroxyl groups is 1. The minimum Gasteiger partial charge on any atom is -0.379 e. The molecule has 17 heteroatoms. The van der Waals surface area contributed by atoms with E-state index in [1.165, 1.54) is 11.1 Å². The van der Waals surface area contributed by atoms with E-state index in [0.29, 0.717) is 85.3 Å². The van der Waals surface area contributed by atoms with E-state index in [2.05, 4.69) is 54.6 Å². The van der Waals surface area contributed by atoms with Crippen molar-refractivity contribution in [3.63, 3.8) is 0 Å². The summed E-state index contributed by atoms with van der Waals surface area (Å²) in [6, 6.07) is 12.0. The van der Waals surface area contributed by atoms with Gasteiger partial charge in [0.15, 0.2) is 23.0 Å². The number of benzene rings is 2. The van der Waals surface area contributed by atoms with Crippen LogP contribution in [0.1, 0.15) is 57.8 Å². The molecule has 4 saturated heterocycles. The lowest BCUT2D eigenvalue weighted by Crippen LogP contribution is -2.37. The summed E-state index contributed by atoms with van der Waals surface area (Å²) < 4.78 is 11.1. The monoisotopic (exact) mass is 836 g/mol. The van der Waals surface area contributed by atoms with Crippen LogP contribution in [0.25, 0.3) is 22.8 Å². The maximum absolute atomic E-state index is 14.5. The molecule has 62 heavy (non-hydrogen) atoms. The van der Waals surface area contributed by atoms with Crippen molar-refractivity contribution < 1.29 is 33.8 Å². The van der Waals surface area contributed by atoms with Gasteiger partial charge in [-0.15, -0.1) is 0 Å². The molecule has 6 N–H and O–H groups in total. The van der Waals surface area contributed by atoms with E-state index < -0.39 is 28.7 Å². The number of hydrogen-bond acceptors (Lipinski definition) is 13. The number of carbonyl (C=O) groups is 4. The molecule has 1 saturated carbocycles. The van der Waals surface area contributed by atoms with Gasteiger partial charge in [-0.3, -0.25) is 19.2 Å². The van der Waals surface area contributed by atoms with Crippen LogP contribution in [0.15, 0.2) is 54.9 Å². The Morgan fingerprint density at radius 1 is 0.839 bits per heavy atom. The Kier molecular flexibility index (Phi) is 10.6. The van der Waals surface area contributed by atoms with Gasteiger partial charge >= 0.3 is 0 Å². The molecule has 2 aromatic carbocycles. The standard InChI is InChI=1S/C45H44N10O7/c1-54-13-12-45(60,43(54)59)11-7-26-4-3-5-28(16-26)39-47-22-35(50-32-9-15-62-25-32)37(53-39)41(57)51-33-18-27(6-10-44-20-30(44)23-55(2)42(44)58)17-29(19-33)40-48-21-34(36(52-40)38(46)56)49-31-8-14-61-24-31/h3-5,16-19,21-22,30-32,49-50,60H,8-9,12-15,20,23-25H2,1-2H3,(H2,46,56)(H,51,57)/t30?,31-,32+,44-,45-/m0/s1. The number of amides is 4. The van der Waals surface area contributed by atoms with Gasteiger partial charge in [0.05, 0.1) is 49.1 Å². The number of likely N-dealkylation sites (tertiary alicyclic amines) is 2. The van der Waals surface area contributed by atoms with Crippen molar-refractivity contribution in [3.05, 3.63) is 77.4 Å². The maximum Gasteiger partial charge on any atom is 0.276 e. The van der Waals surface area contributed by atoms with Crippen LogP contribution >= 0.6 is 0 Å². The van der Waals surface area contributed by atoms with Gasteiger partial charge in [0.1, 0.15) is 5.41 Å². The first-order valence-electron chi connectivity index (χ1n) is 20.5. The summed E-state index contributed by atoms with van der Waals surface area (Å²) in [7, 11) is 3.39. The lowest BCUT2D eigenvalue weighted by molar-refractivity contribution is -0.137. The number of fused-ring (bicyclic) bond motifs is 1. The van der Waals surface area contributed by atoms with E-state index in [4.69, 9.17) is 20.2 Å². The molecule has 17 nitrogen and oxygen atoms in total. The molecule has 9 rings (SSSR count). The van der Waals surface area contributed by atoms with Crippen molar-refractivity contribution in [3.8, 4) is 46.5 Å². The molecule has 6 heterocycles. The lowest BCUT2D eigenvalue weighted by atomic mass is 10.0. The summed E-state index contributed by atoms with van der Waals surface area (Å²) in [5.41, 5.74) is 6.40. The Morgan fingerprint density at radius 2 is 1.50 bits per heavy atom. The topological polar surface area (TPSA) is 227 Å². The van der Waals surface area contributed by atoms with Gasteiger partial charge in [0.25, 0.3) is 17.7 Å². The lowest BCUT2D eigenvalue weighted by Gasteiger charge is -2.17. The number of piperidine rings is 1. The quantitative estimate of drug-likeness (QED) is 0.153. The minimum absolute atomic E-state index is 0.00561. The van der Waals surface area contributed by atoms with Crippen molar-refractivity contribution in [2.45, 2.75) is 43.4 Å². The molecular weight excluding hydrogens is 793 g/mol. The first-order valence-corrected chi connectivity index (χ1v) is 20.5. The van der Waals surface area contributed by atoms with Crippen LogP contribution in [-0.2, 0) is 19.1 Å². The summed E-state index contributed by atoms with van der Waals surface area (Å²) in [5.74, 6) is 10.9. The van der Waals surface area contributed by atoms with E-state index in [-0.39, 0.29) is 53.4 Å². The first kappa shape index (κ1) is 40.5. The predicted octanol–water partition coefficient (Wildman–Crippen LogP) is 2.13. The fourth-order valence-corrected chi connectivity index (χ4v) is 8.28. The smallest absolute Gasteiger partial charge is 0.276 e. The largest absolute Gasteiger partial charge is 0.379 e. The molecule has 2 aromatic heterocycles. The zero-order valence-electron chi connectivity index (χ0n) is 34.2. The number of hydrogen-bond donors (Lipinski definition) is 5. The highest BCUT2D eigenvalue weighted by Gasteiger charge is 2.65. The molecule has 316 valence electrons. The van der Waals surface area contributed by atoms with Crippen molar-refractivity contribution in [2.75, 3.05) is 69.6 Å². The highest BCUT2D eigenvalue weighted by molar-refractivity contribution is 6.07. The van der Waals surface area contributed by atoms with Gasteiger partial charge in [-0.25, -0.2) is 19.9 Å². The molecule has 1 aliphatic carbocycles. The Labute approximate surface area is 357 Å². The van der Waals surface area contributed by atoms with E-state index in [0.717, 1.165) is 12.8 Å². The van der Waals surface area contributed by atoms with E-state index >= 15 is 0 Å². The van der Waals surface area contributed by atoms with Gasteiger partial charge in [-0.2, -0.15) is 0 Å². The van der Waals surface area contributed by atoms with Crippen LogP contribution in [-0.4, -0.2) is 130 Å². The molecule has 5 aliphatic rings. The second-order valence-electron chi connectivity index (χ2n) is 16.4. The van der Waals surface area contributed by atoms with E-state index in [1.54, 1.807) is 67.7 Å². The second-order valence-corrected chi connectivity index (χ2v) is 16.4. The number of ether oxygens (including phenoxy) is 2. The predicted molar refractivity (Wildman–Crippen MR) is 226 cm³/mol. The summed E-state index contributed by atoms with van der Waals surface area (Å²) in [5, 5.41) is 20.4. The van der Waals surface area contributed by atoms with Crippen LogP contribution < -0.4 is 21.7 Å². The van der Waals surface area contributed by atoms with Crippen LogP contribution in [0.4, 0.5) is 17.1 Å². The average Bonchev–Trinajstić information content (AvgIpc) is 3.73. The molecule has 0 radical (unpaired) electrons. The Bertz CT molecular complexity index is 2640. The summed E-state index contributed by atoms with van der Waals surface area (Å²) >= 11 is 0. The van der Waals surface area contributed by atoms with Crippen LogP contribution in [0, 0.1) is 35.0 Å². The molecule has 1 unspecified atom stereocenters. The fourth-order valence-electron chi connectivity index (χ4n) is 8.28. The molecular formula is C45H44N10O7. The van der Waals surface area contributed by atoms with Crippen molar-refractivity contribution in [1.29, 1.82) is 0 Å². The number of nitrogens with zero attached hydrogens (tertiary/aromatic N) is 6. The summed E-state index contributed by atoms with van der Waals surface area (Å²) in [4.78, 5) is 74.3. The maximum atomic E-state index is 14.5. The molecule has 5 atom stereocenters. The normalized spacial score (nSPS) is 24.8. The number of nitrogens with two attached hydrogens (primary N) is 1. The first-order chi connectivity index (χ1) is 29.9. The van der Waals surface area contributed by atoms with Crippen LogP contribution in [0.3, 0.4) is 0 Å². The summed E-state index contributed by atoms with van der Waals surface area (Å²) in [6.45, 7) is 3.12. The number of nitrogens with one attached hydrogen (secondary N) is 3. The highest BCUT2D eigenvalue weighted by atomic mass is 16.5. The van der Waals surface area contributed by atoms with E-state index in [1.807, 2.05) is 0 Å². The number of likely N-dealkylation sites (N-methyl/N-ethyl adjacent to an activating group) is 1. The van der Waals surface area contributed by atoms with Crippen molar-refractivity contribution in [2.24, 2.45) is 17.1 Å². The second kappa shape index (κ2) is 16.2. The van der Waals surface area contributed by atoms with E-state index in [9.17, 15) is 24.3 Å². The average molecular weight is 837 g/mol. The number of carbonyl (C=O) groups excluding carboxylic acids is 4. The van der Waals surface area contributed by atoms with Crippen molar-refractivity contribution in [1.82, 2.24) is 29.7 Å². The highest BCUT2D eigenvalue weighted by Crippen LogP contribution is 2.57. The van der Waals surface area contributed by atoms with Gasteiger partial charge < -0.3 is 46.1 Å². The number of rotatable bonds is 9. The minimum atomic E-state index is -1.76. The summed E-state index contributed by atoms with van der Waals surface area (Å²) in [6.07, 6.45) is 5.40. The molecule has 4 aromatic rings. The van der Waals surface area contributed by atoms with Gasteiger partial charge in [0, 0.05) is 80.7 Å². The van der Waals surface area contributed by atoms with Gasteiger partial charge in [-0.05, 0) is 49.6 Å². The third kappa shape index (κ3) is 8.01. The Morgan fingerprint density at radius 3 is 2.13 bits per heavy atom. The zero-order valence-corrected chi connectivity index (χ0v) is 34.2. The van der Waals surface area contributed by atoms with Gasteiger partial charge in [-0.1, -0.05) is 35.8 Å². The number of primary amides is 1. The third-order valence-electron chi connectivity index (χ3n) is 11.9.